The van der Waals surface area contributed by atoms with Gasteiger partial charge in [-0.05, 0) is 12.0 Å². The zero-order valence-corrected chi connectivity index (χ0v) is 10.4. The molecule has 1 heterocycles. The number of nitrogens with zero attached hydrogens (tertiary/aromatic N) is 1. The Morgan fingerprint density at radius 1 is 1.37 bits per heavy atom. The van der Waals surface area contributed by atoms with Gasteiger partial charge in [0.25, 0.3) is 0 Å². The highest BCUT2D eigenvalue weighted by atomic mass is 19.4. The van der Waals surface area contributed by atoms with Gasteiger partial charge in [0, 0.05) is 12.6 Å². The van der Waals surface area contributed by atoms with Gasteiger partial charge in [-0.15, -0.1) is 13.2 Å². The molecular formula is C13H15F3N2O. The first kappa shape index (κ1) is 13.9. The molecule has 0 bridgehead atoms. The van der Waals surface area contributed by atoms with Gasteiger partial charge < -0.3 is 5.73 Å². The fraction of sp³-hybridized carbons (Fsp3) is 0.462. The molecule has 0 aromatic heterocycles. The van der Waals surface area contributed by atoms with Crippen molar-refractivity contribution in [2.75, 3.05) is 6.54 Å². The van der Waals surface area contributed by atoms with Crippen molar-refractivity contribution in [3.63, 3.8) is 0 Å². The van der Waals surface area contributed by atoms with E-state index in [0.29, 0.717) is 5.56 Å². The van der Waals surface area contributed by atoms with Crippen LogP contribution >= 0.6 is 0 Å². The molecule has 2 rings (SSSR count). The van der Waals surface area contributed by atoms with Crippen molar-refractivity contribution in [3.05, 3.63) is 35.9 Å². The minimum absolute atomic E-state index is 0.0752. The number of rotatable bonds is 2. The lowest BCUT2D eigenvalue weighted by atomic mass is 9.74. The topological polar surface area (TPSA) is 46.3 Å². The summed E-state index contributed by atoms with van der Waals surface area (Å²) in [6, 6.07) is 7.59. The Balaban J connectivity index is 2.50. The van der Waals surface area contributed by atoms with Crippen molar-refractivity contribution in [1.29, 1.82) is 0 Å². The lowest BCUT2D eigenvalue weighted by Gasteiger charge is -2.30. The minimum atomic E-state index is -4.68. The number of hydrogen-bond acceptors (Lipinski definition) is 2. The van der Waals surface area contributed by atoms with Crippen molar-refractivity contribution >= 4 is 5.91 Å². The summed E-state index contributed by atoms with van der Waals surface area (Å²) in [6.07, 6.45) is -4.44. The number of alkyl halides is 3. The first-order chi connectivity index (χ1) is 8.84. The van der Waals surface area contributed by atoms with E-state index < -0.39 is 30.2 Å². The van der Waals surface area contributed by atoms with Gasteiger partial charge in [0.1, 0.15) is 0 Å². The maximum atomic E-state index is 12.8. The normalized spacial score (nSPS) is 27.9. The summed E-state index contributed by atoms with van der Waals surface area (Å²) in [6.45, 7) is 1.19. The second-order valence-electron chi connectivity index (χ2n) is 4.68. The van der Waals surface area contributed by atoms with E-state index in [2.05, 4.69) is 0 Å². The molecule has 3 nitrogen and oxygen atoms in total. The summed E-state index contributed by atoms with van der Waals surface area (Å²) >= 11 is 0. The molecule has 2 N–H and O–H groups in total. The van der Waals surface area contributed by atoms with Crippen LogP contribution in [0.5, 0.6) is 0 Å². The number of carbonyl (C=O) groups is 1. The summed E-state index contributed by atoms with van der Waals surface area (Å²) < 4.78 is 38.5. The van der Waals surface area contributed by atoms with Gasteiger partial charge >= 0.3 is 6.30 Å². The Hall–Kier alpha value is -1.56. The molecule has 19 heavy (non-hydrogen) atoms. The van der Waals surface area contributed by atoms with Crippen molar-refractivity contribution in [1.82, 2.24) is 4.90 Å². The molecule has 1 aliphatic rings. The van der Waals surface area contributed by atoms with Crippen LogP contribution in [0.1, 0.15) is 18.9 Å². The average Bonchev–Trinajstić information content (AvgIpc) is 2.63. The van der Waals surface area contributed by atoms with Crippen LogP contribution in [-0.2, 0) is 10.2 Å². The van der Waals surface area contributed by atoms with Gasteiger partial charge in [-0.2, -0.15) is 0 Å². The van der Waals surface area contributed by atoms with Crippen LogP contribution in [0.3, 0.4) is 0 Å². The number of benzene rings is 1. The standard InChI is InChI=1S/C13H15F3N2O/c1-2-12(9-6-4-3-5-7-9)10(17)8-18(11(12)19)13(14,15)16/h3-7,10H,2,8,17H2,1H3. The van der Waals surface area contributed by atoms with E-state index in [9.17, 15) is 18.0 Å². The molecule has 1 fully saturated rings. The predicted octanol–water partition coefficient (Wildman–Crippen LogP) is 2.02. The number of amides is 1. The highest BCUT2D eigenvalue weighted by Crippen LogP contribution is 2.41. The van der Waals surface area contributed by atoms with Crippen LogP contribution in [0.2, 0.25) is 0 Å². The zero-order chi connectivity index (χ0) is 14.3. The van der Waals surface area contributed by atoms with Crippen LogP contribution < -0.4 is 5.73 Å². The summed E-state index contributed by atoms with van der Waals surface area (Å²) in [5.74, 6) is -0.957. The van der Waals surface area contributed by atoms with E-state index >= 15 is 0 Å². The second-order valence-corrected chi connectivity index (χ2v) is 4.68. The van der Waals surface area contributed by atoms with Crippen LogP contribution in [0.15, 0.2) is 30.3 Å². The van der Waals surface area contributed by atoms with Crippen molar-refractivity contribution in [2.45, 2.75) is 31.1 Å². The first-order valence-electron chi connectivity index (χ1n) is 6.04. The van der Waals surface area contributed by atoms with E-state index in [-0.39, 0.29) is 11.3 Å². The highest BCUT2D eigenvalue weighted by molar-refractivity contribution is 5.92. The number of nitrogens with two attached hydrogens (primary N) is 1. The fourth-order valence-electron chi connectivity index (χ4n) is 2.74. The van der Waals surface area contributed by atoms with Gasteiger partial charge in [0.15, 0.2) is 0 Å². The molecule has 6 heteroatoms. The molecule has 1 aromatic rings. The molecule has 0 saturated carbocycles. The van der Waals surface area contributed by atoms with Crippen molar-refractivity contribution in [2.24, 2.45) is 5.73 Å². The highest BCUT2D eigenvalue weighted by Gasteiger charge is 2.59. The average molecular weight is 272 g/mol. The molecule has 0 radical (unpaired) electrons. The van der Waals surface area contributed by atoms with Crippen LogP contribution in [0.25, 0.3) is 0 Å². The Kier molecular flexibility index (Phi) is 3.30. The molecule has 1 amide bonds. The molecule has 2 atom stereocenters. The Bertz CT molecular complexity index is 475. The summed E-state index contributed by atoms with van der Waals surface area (Å²) in [5.41, 5.74) is 5.13. The number of likely N-dealkylation sites (tertiary alicyclic amines) is 1. The molecular weight excluding hydrogens is 257 g/mol. The number of halogens is 3. The van der Waals surface area contributed by atoms with E-state index in [4.69, 9.17) is 5.73 Å². The molecule has 0 spiro atoms. The molecule has 1 aromatic carbocycles. The zero-order valence-electron chi connectivity index (χ0n) is 10.4. The summed E-state index contributed by atoms with van der Waals surface area (Å²) in [4.78, 5) is 12.2. The molecule has 0 aliphatic carbocycles. The monoisotopic (exact) mass is 272 g/mol. The smallest absolute Gasteiger partial charge is 0.325 e. The lowest BCUT2D eigenvalue weighted by Crippen LogP contribution is -2.47. The van der Waals surface area contributed by atoms with E-state index in [1.165, 1.54) is 0 Å². The largest absolute Gasteiger partial charge is 0.487 e. The molecule has 1 aliphatic heterocycles. The van der Waals surface area contributed by atoms with Crippen molar-refractivity contribution in [3.8, 4) is 0 Å². The van der Waals surface area contributed by atoms with Gasteiger partial charge in [0.05, 0.1) is 5.41 Å². The van der Waals surface area contributed by atoms with Gasteiger partial charge in [-0.3, -0.25) is 9.69 Å². The van der Waals surface area contributed by atoms with Crippen molar-refractivity contribution < 1.29 is 18.0 Å². The second kappa shape index (κ2) is 4.52. The van der Waals surface area contributed by atoms with Crippen LogP contribution in [0.4, 0.5) is 13.2 Å². The Morgan fingerprint density at radius 2 is 1.95 bits per heavy atom. The Labute approximate surface area is 109 Å². The number of carbonyl (C=O) groups excluding carboxylic acids is 1. The fourth-order valence-corrected chi connectivity index (χ4v) is 2.74. The third kappa shape index (κ3) is 2.00. The van der Waals surface area contributed by atoms with Gasteiger partial charge in [-0.25, -0.2) is 0 Å². The quantitative estimate of drug-likeness (QED) is 0.837. The third-order valence-electron chi connectivity index (χ3n) is 3.79. The van der Waals surface area contributed by atoms with Crippen LogP contribution in [0, 0.1) is 0 Å². The van der Waals surface area contributed by atoms with Gasteiger partial charge in [0.2, 0.25) is 5.91 Å². The SMILES string of the molecule is CCC1(c2ccccc2)C(=O)N(C(F)(F)F)CC1N. The third-order valence-corrected chi connectivity index (χ3v) is 3.79. The van der Waals surface area contributed by atoms with Crippen LogP contribution in [-0.4, -0.2) is 29.7 Å². The van der Waals surface area contributed by atoms with E-state index in [1.54, 1.807) is 37.3 Å². The lowest BCUT2D eigenvalue weighted by molar-refractivity contribution is -0.236. The maximum Gasteiger partial charge on any atom is 0.487 e. The predicted molar refractivity (Wildman–Crippen MR) is 64.2 cm³/mol. The minimum Gasteiger partial charge on any atom is -0.325 e. The molecule has 2 unspecified atom stereocenters. The first-order valence-corrected chi connectivity index (χ1v) is 6.04. The number of hydrogen-bond donors (Lipinski definition) is 1. The summed E-state index contributed by atoms with van der Waals surface area (Å²) in [7, 11) is 0. The molecule has 104 valence electrons. The van der Waals surface area contributed by atoms with Gasteiger partial charge in [-0.1, -0.05) is 37.3 Å². The summed E-state index contributed by atoms with van der Waals surface area (Å²) in [5, 5.41) is 0. The Morgan fingerprint density at radius 3 is 2.37 bits per heavy atom. The van der Waals surface area contributed by atoms with E-state index in [0.717, 1.165) is 0 Å². The maximum absolute atomic E-state index is 12.8. The molecule has 1 saturated heterocycles. The van der Waals surface area contributed by atoms with E-state index in [1.807, 2.05) is 0 Å².